The SMILES string of the molecule is CC(C#Cc1ccccc1)O[C]=O. The number of benzene rings is 1. The van der Waals surface area contributed by atoms with Gasteiger partial charge in [-0.3, -0.25) is 0 Å². The third-order valence-corrected chi connectivity index (χ3v) is 1.42. The second-order valence-electron chi connectivity index (χ2n) is 2.48. The third-order valence-electron chi connectivity index (χ3n) is 1.42. The van der Waals surface area contributed by atoms with Gasteiger partial charge in [0.05, 0.1) is 0 Å². The van der Waals surface area contributed by atoms with Crippen LogP contribution >= 0.6 is 0 Å². The molecule has 2 nitrogen and oxygen atoms in total. The van der Waals surface area contributed by atoms with Crippen molar-refractivity contribution in [3.8, 4) is 11.8 Å². The van der Waals surface area contributed by atoms with Crippen LogP contribution in [0.5, 0.6) is 0 Å². The Morgan fingerprint density at radius 1 is 1.31 bits per heavy atom. The van der Waals surface area contributed by atoms with E-state index in [1.165, 1.54) is 6.47 Å². The van der Waals surface area contributed by atoms with Crippen molar-refractivity contribution in [2.45, 2.75) is 13.0 Å². The summed E-state index contributed by atoms with van der Waals surface area (Å²) >= 11 is 0. The standard InChI is InChI=1S/C11H9O2/c1-10(13-9-12)7-8-11-5-3-2-4-6-11/h2-6,10H,1H3. The first-order valence-electron chi connectivity index (χ1n) is 3.92. The van der Waals surface area contributed by atoms with E-state index in [0.29, 0.717) is 0 Å². The summed E-state index contributed by atoms with van der Waals surface area (Å²) in [6.07, 6.45) is -0.405. The molecule has 65 valence electrons. The molecule has 13 heavy (non-hydrogen) atoms. The molecular weight excluding hydrogens is 164 g/mol. The Kier molecular flexibility index (Phi) is 3.59. The molecule has 1 unspecified atom stereocenters. The molecule has 0 N–H and O–H groups in total. The first-order valence-corrected chi connectivity index (χ1v) is 3.92. The van der Waals surface area contributed by atoms with E-state index >= 15 is 0 Å². The molecule has 0 aromatic heterocycles. The fourth-order valence-electron chi connectivity index (χ4n) is 0.808. The minimum atomic E-state index is -0.405. The Balaban J connectivity index is 2.62. The van der Waals surface area contributed by atoms with Gasteiger partial charge in [-0.1, -0.05) is 30.0 Å². The molecular formula is C11H9O2. The molecule has 2 heteroatoms. The molecule has 0 aliphatic heterocycles. The van der Waals surface area contributed by atoms with E-state index in [4.69, 9.17) is 0 Å². The van der Waals surface area contributed by atoms with Crippen LogP contribution in [-0.4, -0.2) is 12.6 Å². The van der Waals surface area contributed by atoms with Crippen LogP contribution in [0.3, 0.4) is 0 Å². The number of hydrogen-bond donors (Lipinski definition) is 0. The predicted molar refractivity (Wildman–Crippen MR) is 49.6 cm³/mol. The lowest BCUT2D eigenvalue weighted by Gasteiger charge is -1.96. The number of hydrogen-bond acceptors (Lipinski definition) is 2. The van der Waals surface area contributed by atoms with Crippen molar-refractivity contribution in [2.24, 2.45) is 0 Å². The van der Waals surface area contributed by atoms with E-state index in [1.54, 1.807) is 6.92 Å². The van der Waals surface area contributed by atoms with Crippen molar-refractivity contribution in [3.05, 3.63) is 35.9 Å². The van der Waals surface area contributed by atoms with Gasteiger partial charge < -0.3 is 4.74 Å². The van der Waals surface area contributed by atoms with Crippen LogP contribution in [0.4, 0.5) is 0 Å². The Hall–Kier alpha value is -1.75. The van der Waals surface area contributed by atoms with Gasteiger partial charge in [0.15, 0.2) is 6.10 Å². The van der Waals surface area contributed by atoms with Crippen molar-refractivity contribution >= 4 is 6.47 Å². The lowest BCUT2D eigenvalue weighted by molar-refractivity contribution is 0.244. The summed E-state index contributed by atoms with van der Waals surface area (Å²) in [7, 11) is 0. The molecule has 1 aromatic rings. The van der Waals surface area contributed by atoms with Crippen molar-refractivity contribution in [2.75, 3.05) is 0 Å². The van der Waals surface area contributed by atoms with E-state index in [1.807, 2.05) is 30.3 Å². The van der Waals surface area contributed by atoms with Crippen LogP contribution in [0.15, 0.2) is 30.3 Å². The minimum absolute atomic E-state index is 0.405. The molecule has 0 heterocycles. The molecule has 1 atom stereocenters. The predicted octanol–water partition coefficient (Wildman–Crippen LogP) is 1.51. The smallest absolute Gasteiger partial charge is 0.418 e. The molecule has 0 spiro atoms. The summed E-state index contributed by atoms with van der Waals surface area (Å²) in [5, 5.41) is 0. The van der Waals surface area contributed by atoms with E-state index < -0.39 is 6.10 Å². The number of carbonyl (C=O) groups excluding carboxylic acids is 1. The van der Waals surface area contributed by atoms with Gasteiger partial charge in [0.1, 0.15) is 0 Å². The minimum Gasteiger partial charge on any atom is -0.441 e. The highest BCUT2D eigenvalue weighted by molar-refractivity contribution is 5.40. The highest BCUT2D eigenvalue weighted by Crippen LogP contribution is 1.95. The highest BCUT2D eigenvalue weighted by atomic mass is 16.5. The topological polar surface area (TPSA) is 26.3 Å². The summed E-state index contributed by atoms with van der Waals surface area (Å²) in [6.45, 7) is 3.05. The van der Waals surface area contributed by atoms with Crippen LogP contribution in [0.1, 0.15) is 12.5 Å². The molecule has 0 amide bonds. The fraction of sp³-hybridized carbons (Fsp3) is 0.182. The summed E-state index contributed by atoms with van der Waals surface area (Å²) in [5.74, 6) is 5.64. The third kappa shape index (κ3) is 3.44. The second kappa shape index (κ2) is 5.00. The van der Waals surface area contributed by atoms with Crippen LogP contribution in [0.2, 0.25) is 0 Å². The Morgan fingerprint density at radius 2 is 2.00 bits per heavy atom. The van der Waals surface area contributed by atoms with Crippen LogP contribution in [0, 0.1) is 11.8 Å². The van der Waals surface area contributed by atoms with E-state index in [2.05, 4.69) is 16.6 Å². The molecule has 1 aromatic carbocycles. The first-order chi connectivity index (χ1) is 6.33. The number of ether oxygens (including phenoxy) is 1. The van der Waals surface area contributed by atoms with Crippen LogP contribution < -0.4 is 0 Å². The first kappa shape index (κ1) is 9.34. The van der Waals surface area contributed by atoms with Crippen LogP contribution in [0.25, 0.3) is 0 Å². The Bertz CT molecular complexity index is 319. The van der Waals surface area contributed by atoms with Gasteiger partial charge in [-0.15, -0.1) is 0 Å². The zero-order valence-corrected chi connectivity index (χ0v) is 7.28. The van der Waals surface area contributed by atoms with Gasteiger partial charge in [0, 0.05) is 5.56 Å². The molecule has 0 aliphatic carbocycles. The van der Waals surface area contributed by atoms with Crippen LogP contribution in [-0.2, 0) is 9.53 Å². The monoisotopic (exact) mass is 173 g/mol. The normalized spacial score (nSPS) is 10.8. The number of rotatable bonds is 2. The molecule has 0 saturated carbocycles. The maximum Gasteiger partial charge on any atom is 0.418 e. The van der Waals surface area contributed by atoms with Gasteiger partial charge in [0.2, 0.25) is 0 Å². The zero-order chi connectivity index (χ0) is 9.52. The fourth-order valence-corrected chi connectivity index (χ4v) is 0.808. The summed E-state index contributed by atoms with van der Waals surface area (Å²) in [5.41, 5.74) is 0.906. The van der Waals surface area contributed by atoms with Gasteiger partial charge >= 0.3 is 6.47 Å². The molecule has 0 aliphatic rings. The van der Waals surface area contributed by atoms with Crippen molar-refractivity contribution in [3.63, 3.8) is 0 Å². The lowest BCUT2D eigenvalue weighted by atomic mass is 10.2. The summed E-state index contributed by atoms with van der Waals surface area (Å²) in [4.78, 5) is 9.81. The van der Waals surface area contributed by atoms with E-state index in [-0.39, 0.29) is 0 Å². The summed E-state index contributed by atoms with van der Waals surface area (Å²) < 4.78 is 4.48. The average molecular weight is 173 g/mol. The quantitative estimate of drug-likeness (QED) is 0.634. The Labute approximate surface area is 77.5 Å². The van der Waals surface area contributed by atoms with Gasteiger partial charge in [0.25, 0.3) is 0 Å². The van der Waals surface area contributed by atoms with Crippen molar-refractivity contribution in [1.82, 2.24) is 0 Å². The molecule has 1 rings (SSSR count). The van der Waals surface area contributed by atoms with Gasteiger partial charge in [-0.05, 0) is 19.1 Å². The molecule has 0 saturated heterocycles. The van der Waals surface area contributed by atoms with E-state index in [0.717, 1.165) is 5.56 Å². The van der Waals surface area contributed by atoms with Crippen molar-refractivity contribution in [1.29, 1.82) is 0 Å². The largest absolute Gasteiger partial charge is 0.441 e. The maximum absolute atomic E-state index is 9.81. The average Bonchev–Trinajstić information content (AvgIpc) is 2.17. The second-order valence-corrected chi connectivity index (χ2v) is 2.48. The van der Waals surface area contributed by atoms with Gasteiger partial charge in [-0.2, -0.15) is 0 Å². The van der Waals surface area contributed by atoms with E-state index in [9.17, 15) is 4.79 Å². The highest BCUT2D eigenvalue weighted by Gasteiger charge is 1.93. The lowest BCUT2D eigenvalue weighted by Crippen LogP contribution is -2.02. The molecule has 0 fully saturated rings. The zero-order valence-electron chi connectivity index (χ0n) is 7.28. The van der Waals surface area contributed by atoms with Gasteiger partial charge in [-0.25, -0.2) is 4.79 Å². The summed E-state index contributed by atoms with van der Waals surface area (Å²) in [6, 6.07) is 9.52. The van der Waals surface area contributed by atoms with Crippen molar-refractivity contribution < 1.29 is 9.53 Å². The Morgan fingerprint density at radius 3 is 2.62 bits per heavy atom. The maximum atomic E-state index is 9.81. The molecule has 1 radical (unpaired) electrons. The molecule has 0 bridgehead atoms.